The van der Waals surface area contributed by atoms with Gasteiger partial charge in [0.25, 0.3) is 0 Å². The second-order valence-corrected chi connectivity index (χ2v) is 15.1. The SMILES string of the molecule is c1ccc(-c2nc(-c3ccc(-c4cccc(-c5cccc6c5-c5ccccc5C65CCCCC5)c4)cc3)nc(-c3ccc4c(c3)oc3ccccc34)n2)cc1. The van der Waals surface area contributed by atoms with Crippen LogP contribution in [-0.2, 0) is 5.41 Å². The summed E-state index contributed by atoms with van der Waals surface area (Å²) in [5.41, 5.74) is 15.3. The van der Waals surface area contributed by atoms with E-state index in [4.69, 9.17) is 19.4 Å². The van der Waals surface area contributed by atoms with Gasteiger partial charge in [-0.2, -0.15) is 0 Å². The number of aromatic nitrogens is 3. The van der Waals surface area contributed by atoms with Crippen LogP contribution in [0, 0.1) is 0 Å². The van der Waals surface area contributed by atoms with Crippen molar-refractivity contribution in [3.8, 4) is 67.5 Å². The lowest BCUT2D eigenvalue weighted by molar-refractivity contribution is 0.353. The predicted octanol–water partition coefficient (Wildman–Crippen LogP) is 13.3. The van der Waals surface area contributed by atoms with Crippen LogP contribution in [-0.4, -0.2) is 15.0 Å². The van der Waals surface area contributed by atoms with E-state index in [1.165, 1.54) is 71.0 Å². The summed E-state index contributed by atoms with van der Waals surface area (Å²) in [6.07, 6.45) is 6.39. The zero-order valence-corrected chi connectivity index (χ0v) is 30.4. The third-order valence-corrected chi connectivity index (χ3v) is 12.0. The monoisotopic (exact) mass is 707 g/mol. The van der Waals surface area contributed by atoms with Gasteiger partial charge in [0, 0.05) is 32.9 Å². The largest absolute Gasteiger partial charge is 0.456 e. The van der Waals surface area contributed by atoms with Crippen molar-refractivity contribution in [1.82, 2.24) is 15.0 Å². The van der Waals surface area contributed by atoms with E-state index in [9.17, 15) is 0 Å². The van der Waals surface area contributed by atoms with Crippen molar-refractivity contribution < 1.29 is 4.42 Å². The standard InChI is InChI=1S/C51H37N3O/c1-3-13-34(14-4-1)48-52-49(54-50(53-48)38-27-28-41-40-17-6-8-22-45(40)55-46(41)32-38)35-25-23-33(24-26-35)36-15-11-16-37(31-36)39-19-12-21-44-47(39)42-18-5-7-20-43(42)51(44)29-9-2-10-30-51/h1,3-8,11-28,31-32H,2,9-10,29-30H2. The summed E-state index contributed by atoms with van der Waals surface area (Å²) in [7, 11) is 0. The number of para-hydroxylation sites is 1. The minimum atomic E-state index is 0.142. The van der Waals surface area contributed by atoms with E-state index in [2.05, 4.69) is 109 Å². The molecule has 1 spiro atoms. The Kier molecular flexibility index (Phi) is 7.38. The maximum atomic E-state index is 6.23. The summed E-state index contributed by atoms with van der Waals surface area (Å²) < 4.78 is 6.23. The molecule has 0 amide bonds. The summed E-state index contributed by atoms with van der Waals surface area (Å²) in [4.78, 5) is 15.0. The lowest BCUT2D eigenvalue weighted by atomic mass is 9.68. The number of fused-ring (bicyclic) bond motifs is 8. The first-order valence-corrected chi connectivity index (χ1v) is 19.4. The van der Waals surface area contributed by atoms with E-state index in [1.807, 2.05) is 54.6 Å². The first-order chi connectivity index (χ1) is 27.2. The molecule has 0 bridgehead atoms. The van der Waals surface area contributed by atoms with Gasteiger partial charge in [0.2, 0.25) is 0 Å². The van der Waals surface area contributed by atoms with Crippen LogP contribution >= 0.6 is 0 Å². The van der Waals surface area contributed by atoms with Crippen LogP contribution in [0.15, 0.2) is 168 Å². The van der Waals surface area contributed by atoms with Crippen LogP contribution in [0.25, 0.3) is 89.5 Å². The molecule has 0 radical (unpaired) electrons. The fourth-order valence-corrected chi connectivity index (χ4v) is 9.33. The van der Waals surface area contributed by atoms with Crippen molar-refractivity contribution in [3.05, 3.63) is 175 Å². The first kappa shape index (κ1) is 31.8. The molecular formula is C51H37N3O. The van der Waals surface area contributed by atoms with Gasteiger partial charge in [-0.05, 0) is 81.6 Å². The molecule has 1 fully saturated rings. The average Bonchev–Trinajstić information content (AvgIpc) is 3.77. The predicted molar refractivity (Wildman–Crippen MR) is 224 cm³/mol. The topological polar surface area (TPSA) is 51.8 Å². The van der Waals surface area contributed by atoms with Crippen LogP contribution < -0.4 is 0 Å². The van der Waals surface area contributed by atoms with E-state index < -0.39 is 0 Å². The van der Waals surface area contributed by atoms with Gasteiger partial charge in [-0.3, -0.25) is 0 Å². The van der Waals surface area contributed by atoms with E-state index >= 15 is 0 Å². The minimum Gasteiger partial charge on any atom is -0.456 e. The lowest BCUT2D eigenvalue weighted by Crippen LogP contribution is -2.27. The highest BCUT2D eigenvalue weighted by Gasteiger charge is 2.44. The van der Waals surface area contributed by atoms with Crippen LogP contribution in [0.1, 0.15) is 43.2 Å². The fourth-order valence-electron chi connectivity index (χ4n) is 9.33. The van der Waals surface area contributed by atoms with Gasteiger partial charge in [0.1, 0.15) is 11.2 Å². The Balaban J connectivity index is 0.967. The Bertz CT molecular complexity index is 2900. The van der Waals surface area contributed by atoms with Crippen molar-refractivity contribution >= 4 is 21.9 Å². The van der Waals surface area contributed by atoms with E-state index in [0.717, 1.165) is 44.2 Å². The Morgan fingerprint density at radius 2 is 0.964 bits per heavy atom. The van der Waals surface area contributed by atoms with Gasteiger partial charge < -0.3 is 4.42 Å². The van der Waals surface area contributed by atoms with Crippen LogP contribution in [0.5, 0.6) is 0 Å². The number of hydrogen-bond donors (Lipinski definition) is 0. The molecule has 2 heterocycles. The Morgan fingerprint density at radius 1 is 0.382 bits per heavy atom. The third-order valence-electron chi connectivity index (χ3n) is 12.0. The molecule has 7 aromatic carbocycles. The molecule has 0 saturated heterocycles. The Hall–Kier alpha value is -6.65. The van der Waals surface area contributed by atoms with Crippen LogP contribution in [0.4, 0.5) is 0 Å². The number of benzene rings is 7. The molecule has 1 saturated carbocycles. The van der Waals surface area contributed by atoms with Crippen molar-refractivity contribution in [2.24, 2.45) is 0 Å². The molecular weight excluding hydrogens is 671 g/mol. The molecule has 0 unspecified atom stereocenters. The summed E-state index contributed by atoms with van der Waals surface area (Å²) in [6.45, 7) is 0. The molecule has 2 aliphatic rings. The molecule has 0 atom stereocenters. The van der Waals surface area contributed by atoms with Crippen LogP contribution in [0.3, 0.4) is 0 Å². The van der Waals surface area contributed by atoms with E-state index in [1.54, 1.807) is 0 Å². The van der Waals surface area contributed by atoms with Gasteiger partial charge in [0.05, 0.1) is 0 Å². The molecule has 4 heteroatoms. The van der Waals surface area contributed by atoms with E-state index in [0.29, 0.717) is 17.5 Å². The van der Waals surface area contributed by atoms with Crippen molar-refractivity contribution in [3.63, 3.8) is 0 Å². The molecule has 9 aromatic rings. The van der Waals surface area contributed by atoms with Gasteiger partial charge >= 0.3 is 0 Å². The molecule has 4 nitrogen and oxygen atoms in total. The Labute approximate surface area is 320 Å². The second kappa shape index (κ2) is 12.7. The highest BCUT2D eigenvalue weighted by Crippen LogP contribution is 2.57. The van der Waals surface area contributed by atoms with Gasteiger partial charge in [-0.15, -0.1) is 0 Å². The lowest BCUT2D eigenvalue weighted by Gasteiger charge is -2.36. The van der Waals surface area contributed by atoms with Gasteiger partial charge in [0.15, 0.2) is 17.5 Å². The second-order valence-electron chi connectivity index (χ2n) is 15.1. The van der Waals surface area contributed by atoms with E-state index in [-0.39, 0.29) is 5.41 Å². The molecule has 2 aliphatic carbocycles. The zero-order valence-electron chi connectivity index (χ0n) is 30.4. The average molecular weight is 708 g/mol. The molecule has 55 heavy (non-hydrogen) atoms. The smallest absolute Gasteiger partial charge is 0.164 e. The normalized spacial score (nSPS) is 14.3. The van der Waals surface area contributed by atoms with Crippen molar-refractivity contribution in [1.29, 1.82) is 0 Å². The zero-order chi connectivity index (χ0) is 36.3. The Morgan fingerprint density at radius 3 is 1.80 bits per heavy atom. The fraction of sp³-hybridized carbons (Fsp3) is 0.118. The molecule has 0 aliphatic heterocycles. The molecule has 11 rings (SSSR count). The maximum Gasteiger partial charge on any atom is 0.164 e. The third kappa shape index (κ3) is 5.24. The number of nitrogens with zero attached hydrogens (tertiary/aromatic N) is 3. The highest BCUT2D eigenvalue weighted by molar-refractivity contribution is 6.05. The van der Waals surface area contributed by atoms with Crippen LogP contribution in [0.2, 0.25) is 0 Å². The molecule has 0 N–H and O–H groups in total. The summed E-state index contributed by atoms with van der Waals surface area (Å²) in [5, 5.41) is 2.17. The molecule has 2 aromatic heterocycles. The summed E-state index contributed by atoms with van der Waals surface area (Å²) in [6, 6.07) is 58.2. The summed E-state index contributed by atoms with van der Waals surface area (Å²) in [5.74, 6) is 1.87. The maximum absolute atomic E-state index is 6.23. The summed E-state index contributed by atoms with van der Waals surface area (Å²) >= 11 is 0. The van der Waals surface area contributed by atoms with Crippen molar-refractivity contribution in [2.75, 3.05) is 0 Å². The highest BCUT2D eigenvalue weighted by atomic mass is 16.3. The van der Waals surface area contributed by atoms with Gasteiger partial charge in [-0.25, -0.2) is 15.0 Å². The minimum absolute atomic E-state index is 0.142. The quantitative estimate of drug-likeness (QED) is 0.179. The molecule has 262 valence electrons. The number of rotatable bonds is 5. The first-order valence-electron chi connectivity index (χ1n) is 19.4. The van der Waals surface area contributed by atoms with Gasteiger partial charge in [-0.1, -0.05) is 159 Å². The number of furan rings is 1. The number of hydrogen-bond acceptors (Lipinski definition) is 4. The van der Waals surface area contributed by atoms with Crippen molar-refractivity contribution in [2.45, 2.75) is 37.5 Å².